The fourth-order valence-corrected chi connectivity index (χ4v) is 3.49. The van der Waals surface area contributed by atoms with Crippen LogP contribution in [0.2, 0.25) is 5.02 Å². The third-order valence-electron chi connectivity index (χ3n) is 4.41. The van der Waals surface area contributed by atoms with Crippen molar-refractivity contribution in [3.05, 3.63) is 97.0 Å². The number of allylic oxidation sites excluding steroid dienone is 1. The molecule has 0 unspecified atom stereocenters. The largest absolute Gasteiger partial charge is 0.493 e. The molecule has 31 heavy (non-hydrogen) atoms. The van der Waals surface area contributed by atoms with E-state index in [-0.39, 0.29) is 12.3 Å². The molecule has 0 fully saturated rings. The Morgan fingerprint density at radius 1 is 1.19 bits per heavy atom. The summed E-state index contributed by atoms with van der Waals surface area (Å²) >= 11 is 9.74. The second-order valence-corrected chi connectivity index (χ2v) is 7.65. The SMILES string of the molecule is COc1cc(C=C(C#N)c2ccccc2Cl)c(Br)cc1OCc1ccc([N+](=O)[O-])cc1. The van der Waals surface area contributed by atoms with Crippen LogP contribution in [0.3, 0.4) is 0 Å². The Morgan fingerprint density at radius 3 is 2.52 bits per heavy atom. The minimum atomic E-state index is -0.449. The van der Waals surface area contributed by atoms with E-state index in [1.165, 1.54) is 19.2 Å². The third kappa shape index (κ3) is 5.43. The molecule has 0 N–H and O–H groups in total. The Balaban J connectivity index is 1.87. The molecular weight excluding hydrogens is 484 g/mol. The predicted molar refractivity (Wildman–Crippen MR) is 123 cm³/mol. The van der Waals surface area contributed by atoms with E-state index in [9.17, 15) is 15.4 Å². The van der Waals surface area contributed by atoms with Crippen LogP contribution < -0.4 is 9.47 Å². The zero-order valence-corrected chi connectivity index (χ0v) is 18.7. The lowest BCUT2D eigenvalue weighted by Gasteiger charge is -2.13. The monoisotopic (exact) mass is 498 g/mol. The van der Waals surface area contributed by atoms with Crippen molar-refractivity contribution in [1.29, 1.82) is 5.26 Å². The molecule has 8 heteroatoms. The van der Waals surface area contributed by atoms with Crippen molar-refractivity contribution in [2.24, 2.45) is 0 Å². The molecule has 0 aromatic heterocycles. The molecule has 3 rings (SSSR count). The van der Waals surface area contributed by atoms with E-state index in [2.05, 4.69) is 22.0 Å². The summed E-state index contributed by atoms with van der Waals surface area (Å²) in [5.41, 5.74) is 2.56. The Hall–Kier alpha value is -3.34. The maximum atomic E-state index is 10.8. The second kappa shape index (κ2) is 10.1. The number of rotatable bonds is 7. The van der Waals surface area contributed by atoms with Gasteiger partial charge in [0.15, 0.2) is 11.5 Å². The average molecular weight is 500 g/mol. The number of benzene rings is 3. The minimum absolute atomic E-state index is 0.0204. The van der Waals surface area contributed by atoms with Gasteiger partial charge >= 0.3 is 0 Å². The topological polar surface area (TPSA) is 85.4 Å². The third-order valence-corrected chi connectivity index (χ3v) is 5.43. The second-order valence-electron chi connectivity index (χ2n) is 6.39. The van der Waals surface area contributed by atoms with Gasteiger partial charge in [0, 0.05) is 27.2 Å². The maximum Gasteiger partial charge on any atom is 0.269 e. The standard InChI is InChI=1S/C23H16BrClN2O4/c1-30-22-11-16(10-17(13-26)19-4-2-3-5-21(19)25)20(24)12-23(22)31-14-15-6-8-18(9-7-15)27(28)29/h2-12H,14H2,1H3. The zero-order valence-electron chi connectivity index (χ0n) is 16.3. The summed E-state index contributed by atoms with van der Waals surface area (Å²) in [6.45, 7) is 0.207. The number of methoxy groups -OCH3 is 1. The Bertz CT molecular complexity index is 1190. The maximum absolute atomic E-state index is 10.8. The number of ether oxygens (including phenoxy) is 2. The fourth-order valence-electron chi connectivity index (χ4n) is 2.81. The lowest BCUT2D eigenvalue weighted by Crippen LogP contribution is -1.99. The van der Waals surface area contributed by atoms with E-state index in [4.69, 9.17) is 21.1 Å². The van der Waals surface area contributed by atoms with Gasteiger partial charge < -0.3 is 9.47 Å². The summed E-state index contributed by atoms with van der Waals surface area (Å²) in [6.07, 6.45) is 1.72. The van der Waals surface area contributed by atoms with Gasteiger partial charge in [-0.05, 0) is 47.5 Å². The van der Waals surface area contributed by atoms with E-state index in [1.807, 2.05) is 6.07 Å². The van der Waals surface area contributed by atoms with Crippen molar-refractivity contribution in [1.82, 2.24) is 0 Å². The van der Waals surface area contributed by atoms with Crippen molar-refractivity contribution in [2.75, 3.05) is 7.11 Å². The van der Waals surface area contributed by atoms with Crippen LogP contribution in [0.1, 0.15) is 16.7 Å². The molecule has 0 bridgehead atoms. The van der Waals surface area contributed by atoms with Crippen molar-refractivity contribution in [2.45, 2.75) is 6.61 Å². The van der Waals surface area contributed by atoms with Gasteiger partial charge in [-0.25, -0.2) is 0 Å². The molecule has 0 heterocycles. The number of nitro benzene ring substituents is 1. The number of hydrogen-bond donors (Lipinski definition) is 0. The first-order valence-electron chi connectivity index (χ1n) is 9.03. The highest BCUT2D eigenvalue weighted by molar-refractivity contribution is 9.10. The van der Waals surface area contributed by atoms with Gasteiger partial charge in [-0.2, -0.15) is 5.26 Å². The number of nitrogens with zero attached hydrogens (tertiary/aromatic N) is 2. The van der Waals surface area contributed by atoms with Gasteiger partial charge in [0.05, 0.1) is 23.7 Å². The summed E-state index contributed by atoms with van der Waals surface area (Å²) in [5, 5.41) is 20.9. The molecule has 0 aliphatic heterocycles. The number of halogens is 2. The molecule has 0 spiro atoms. The van der Waals surface area contributed by atoms with Crippen molar-refractivity contribution in [3.63, 3.8) is 0 Å². The Labute approximate surface area is 192 Å². The van der Waals surface area contributed by atoms with Crippen LogP contribution >= 0.6 is 27.5 Å². The lowest BCUT2D eigenvalue weighted by atomic mass is 10.0. The quantitative estimate of drug-likeness (QED) is 0.157. The molecule has 3 aromatic carbocycles. The highest BCUT2D eigenvalue weighted by Crippen LogP contribution is 2.36. The first-order valence-corrected chi connectivity index (χ1v) is 10.2. The van der Waals surface area contributed by atoms with Crippen LogP contribution in [0.15, 0.2) is 65.1 Å². The van der Waals surface area contributed by atoms with Crippen LogP contribution in [-0.2, 0) is 6.61 Å². The van der Waals surface area contributed by atoms with E-state index >= 15 is 0 Å². The van der Waals surface area contributed by atoms with E-state index < -0.39 is 4.92 Å². The Morgan fingerprint density at radius 2 is 1.90 bits per heavy atom. The summed E-state index contributed by atoms with van der Waals surface area (Å²) in [4.78, 5) is 10.3. The van der Waals surface area contributed by atoms with Gasteiger partial charge in [0.2, 0.25) is 0 Å². The van der Waals surface area contributed by atoms with E-state index in [0.29, 0.717) is 32.1 Å². The van der Waals surface area contributed by atoms with Crippen LogP contribution in [0.25, 0.3) is 11.6 Å². The summed E-state index contributed by atoms with van der Waals surface area (Å²) in [6, 6.07) is 18.9. The lowest BCUT2D eigenvalue weighted by molar-refractivity contribution is -0.384. The van der Waals surface area contributed by atoms with E-state index in [0.717, 1.165) is 11.1 Å². The van der Waals surface area contributed by atoms with Crippen LogP contribution in [-0.4, -0.2) is 12.0 Å². The number of nitro groups is 1. The Kier molecular flexibility index (Phi) is 7.29. The summed E-state index contributed by atoms with van der Waals surface area (Å²) in [7, 11) is 1.52. The van der Waals surface area contributed by atoms with Gasteiger partial charge in [-0.3, -0.25) is 10.1 Å². The van der Waals surface area contributed by atoms with Crippen LogP contribution in [0, 0.1) is 21.4 Å². The first kappa shape index (κ1) is 22.3. The number of non-ortho nitro benzene ring substituents is 1. The highest BCUT2D eigenvalue weighted by Gasteiger charge is 2.13. The predicted octanol–water partition coefficient (Wildman–Crippen LogP) is 6.66. The molecule has 0 aliphatic rings. The normalized spacial score (nSPS) is 11.0. The van der Waals surface area contributed by atoms with Crippen molar-refractivity contribution < 1.29 is 14.4 Å². The van der Waals surface area contributed by atoms with Crippen LogP contribution in [0.5, 0.6) is 11.5 Å². The summed E-state index contributed by atoms with van der Waals surface area (Å²) in [5.74, 6) is 0.967. The summed E-state index contributed by atoms with van der Waals surface area (Å²) < 4.78 is 12.0. The van der Waals surface area contributed by atoms with Gasteiger partial charge in [-0.15, -0.1) is 0 Å². The molecule has 156 valence electrons. The molecule has 3 aromatic rings. The molecule has 0 aliphatic carbocycles. The molecule has 6 nitrogen and oxygen atoms in total. The average Bonchev–Trinajstić information content (AvgIpc) is 2.78. The molecule has 0 atom stereocenters. The molecule has 0 saturated carbocycles. The fraction of sp³-hybridized carbons (Fsp3) is 0.0870. The van der Waals surface area contributed by atoms with Crippen molar-refractivity contribution >= 4 is 44.9 Å². The van der Waals surface area contributed by atoms with Gasteiger partial charge in [0.1, 0.15) is 6.61 Å². The molecule has 0 radical (unpaired) electrons. The number of nitriles is 1. The number of hydrogen-bond acceptors (Lipinski definition) is 5. The first-order chi connectivity index (χ1) is 14.9. The van der Waals surface area contributed by atoms with Crippen LogP contribution in [0.4, 0.5) is 5.69 Å². The molecule has 0 saturated heterocycles. The smallest absolute Gasteiger partial charge is 0.269 e. The van der Waals surface area contributed by atoms with Gasteiger partial charge in [-0.1, -0.05) is 45.7 Å². The van der Waals surface area contributed by atoms with Crippen molar-refractivity contribution in [3.8, 4) is 17.6 Å². The van der Waals surface area contributed by atoms with Gasteiger partial charge in [0.25, 0.3) is 5.69 Å². The molecular formula is C23H16BrClN2O4. The zero-order chi connectivity index (χ0) is 22.4. The highest BCUT2D eigenvalue weighted by atomic mass is 79.9. The van der Waals surface area contributed by atoms with E-state index in [1.54, 1.807) is 48.5 Å². The minimum Gasteiger partial charge on any atom is -0.493 e. The molecule has 0 amide bonds.